The van der Waals surface area contributed by atoms with Gasteiger partial charge in [0, 0.05) is 24.7 Å². The van der Waals surface area contributed by atoms with Crippen molar-refractivity contribution in [2.45, 2.75) is 18.9 Å². The van der Waals surface area contributed by atoms with Crippen LogP contribution in [-0.4, -0.2) is 51.4 Å². The highest BCUT2D eigenvalue weighted by Crippen LogP contribution is 2.38. The summed E-state index contributed by atoms with van der Waals surface area (Å²) in [6, 6.07) is 10.6. The second-order valence-electron chi connectivity index (χ2n) is 6.47. The number of aromatic nitrogens is 1. The lowest BCUT2D eigenvalue weighted by atomic mass is 9.98. The summed E-state index contributed by atoms with van der Waals surface area (Å²) in [5.74, 6) is -2.35. The van der Waals surface area contributed by atoms with Crippen molar-refractivity contribution < 1.29 is 29.3 Å². The van der Waals surface area contributed by atoms with Crippen LogP contribution in [0.1, 0.15) is 30.1 Å². The third-order valence-corrected chi connectivity index (χ3v) is 4.66. The lowest BCUT2D eigenvalue weighted by Crippen LogP contribution is -2.31. The van der Waals surface area contributed by atoms with Crippen molar-refractivity contribution in [2.24, 2.45) is 0 Å². The normalized spacial score (nSPS) is 18.1. The molecule has 150 valence electrons. The number of likely N-dealkylation sites (tertiary alicyclic amines) is 1. The van der Waals surface area contributed by atoms with Gasteiger partial charge in [0.1, 0.15) is 17.6 Å². The molecule has 0 radical (unpaired) electrons. The molecule has 3 rings (SSSR count). The van der Waals surface area contributed by atoms with Crippen molar-refractivity contribution >= 4 is 23.4 Å². The van der Waals surface area contributed by atoms with Crippen LogP contribution in [0.3, 0.4) is 0 Å². The number of amides is 1. The second-order valence-corrected chi connectivity index (χ2v) is 6.47. The summed E-state index contributed by atoms with van der Waals surface area (Å²) in [7, 11) is 1.51. The van der Waals surface area contributed by atoms with Crippen LogP contribution in [0.5, 0.6) is 5.75 Å². The van der Waals surface area contributed by atoms with E-state index in [1.54, 1.807) is 42.5 Å². The summed E-state index contributed by atoms with van der Waals surface area (Å²) < 4.78 is 5.10. The first-order valence-electron chi connectivity index (χ1n) is 8.99. The maximum atomic E-state index is 12.8. The van der Waals surface area contributed by atoms with Gasteiger partial charge in [-0.15, -0.1) is 0 Å². The van der Waals surface area contributed by atoms with Gasteiger partial charge in [-0.05, 0) is 42.8 Å². The van der Waals surface area contributed by atoms with Crippen molar-refractivity contribution in [3.05, 3.63) is 65.5 Å². The van der Waals surface area contributed by atoms with Crippen LogP contribution < -0.4 is 4.74 Å². The van der Waals surface area contributed by atoms with E-state index in [4.69, 9.17) is 9.84 Å². The number of ether oxygens (including phenoxy) is 1. The molecule has 8 nitrogen and oxygen atoms in total. The molecule has 1 aromatic carbocycles. The highest BCUT2D eigenvalue weighted by molar-refractivity contribution is 6.46. The topological polar surface area (TPSA) is 117 Å². The molecule has 0 aliphatic carbocycles. The van der Waals surface area contributed by atoms with Crippen LogP contribution in [0.2, 0.25) is 0 Å². The van der Waals surface area contributed by atoms with Gasteiger partial charge in [-0.2, -0.15) is 0 Å². The number of rotatable bonds is 7. The Labute approximate surface area is 167 Å². The first-order chi connectivity index (χ1) is 13.9. The molecule has 1 aliphatic heterocycles. The number of benzene rings is 1. The number of carboxylic acids is 1. The predicted octanol–water partition coefficient (Wildman–Crippen LogP) is 2.38. The summed E-state index contributed by atoms with van der Waals surface area (Å²) in [6.07, 6.45) is 1.56. The fourth-order valence-corrected chi connectivity index (χ4v) is 3.26. The summed E-state index contributed by atoms with van der Waals surface area (Å²) in [5.41, 5.74) is 0.696. The SMILES string of the molecule is COc1ccc(/C(O)=C2/C(=O)C(=O)N(CCCC(=O)O)C2c2ccccn2)cc1. The summed E-state index contributed by atoms with van der Waals surface area (Å²) in [6.45, 7) is 0.0531. The molecule has 2 N–H and O–H groups in total. The Hall–Kier alpha value is -3.68. The highest BCUT2D eigenvalue weighted by Gasteiger charge is 2.46. The average molecular weight is 396 g/mol. The lowest BCUT2D eigenvalue weighted by molar-refractivity contribution is -0.140. The first-order valence-corrected chi connectivity index (χ1v) is 8.99. The van der Waals surface area contributed by atoms with E-state index in [1.165, 1.54) is 18.2 Å². The molecule has 1 aromatic heterocycles. The van der Waals surface area contributed by atoms with Gasteiger partial charge in [-0.1, -0.05) is 6.07 Å². The Morgan fingerprint density at radius 1 is 1.14 bits per heavy atom. The van der Waals surface area contributed by atoms with E-state index >= 15 is 0 Å². The van der Waals surface area contributed by atoms with E-state index < -0.39 is 23.7 Å². The molecule has 1 saturated heterocycles. The Balaban J connectivity index is 2.06. The third-order valence-electron chi connectivity index (χ3n) is 4.66. The number of methoxy groups -OCH3 is 1. The molecular weight excluding hydrogens is 376 g/mol. The van der Waals surface area contributed by atoms with Gasteiger partial charge >= 0.3 is 5.97 Å². The van der Waals surface area contributed by atoms with Crippen LogP contribution in [0.15, 0.2) is 54.2 Å². The summed E-state index contributed by atoms with van der Waals surface area (Å²) in [4.78, 5) is 41.8. The molecule has 1 aliphatic rings. The monoisotopic (exact) mass is 396 g/mol. The number of hydrogen-bond acceptors (Lipinski definition) is 6. The van der Waals surface area contributed by atoms with Crippen molar-refractivity contribution in [1.29, 1.82) is 0 Å². The number of ketones is 1. The molecule has 1 amide bonds. The van der Waals surface area contributed by atoms with Crippen molar-refractivity contribution in [3.8, 4) is 5.75 Å². The van der Waals surface area contributed by atoms with Crippen LogP contribution >= 0.6 is 0 Å². The number of carboxylic acid groups (broad SMARTS) is 1. The minimum absolute atomic E-state index is 0.0531. The molecule has 0 bridgehead atoms. The fraction of sp³-hybridized carbons (Fsp3) is 0.238. The zero-order chi connectivity index (χ0) is 21.0. The predicted molar refractivity (Wildman–Crippen MR) is 103 cm³/mol. The van der Waals surface area contributed by atoms with E-state index in [0.29, 0.717) is 17.0 Å². The Kier molecular flexibility index (Phi) is 5.92. The molecule has 1 fully saturated rings. The molecule has 0 spiro atoms. The van der Waals surface area contributed by atoms with Crippen LogP contribution in [-0.2, 0) is 14.4 Å². The third kappa shape index (κ3) is 4.11. The number of aliphatic hydroxyl groups excluding tert-OH is 1. The van der Waals surface area contributed by atoms with Crippen molar-refractivity contribution in [1.82, 2.24) is 9.88 Å². The van der Waals surface area contributed by atoms with Crippen LogP contribution in [0.4, 0.5) is 0 Å². The van der Waals surface area contributed by atoms with E-state index in [2.05, 4.69) is 4.98 Å². The van der Waals surface area contributed by atoms with Gasteiger partial charge in [0.15, 0.2) is 0 Å². The van der Waals surface area contributed by atoms with Gasteiger partial charge < -0.3 is 19.8 Å². The molecule has 2 heterocycles. The maximum Gasteiger partial charge on any atom is 0.303 e. The number of aliphatic hydroxyl groups is 1. The molecule has 1 atom stereocenters. The first kappa shape index (κ1) is 20.1. The Morgan fingerprint density at radius 3 is 2.45 bits per heavy atom. The van der Waals surface area contributed by atoms with Crippen LogP contribution in [0, 0.1) is 0 Å². The van der Waals surface area contributed by atoms with Gasteiger partial charge in [0.25, 0.3) is 11.7 Å². The number of nitrogens with zero attached hydrogens (tertiary/aromatic N) is 2. The molecular formula is C21H20N2O6. The van der Waals surface area contributed by atoms with Crippen molar-refractivity contribution in [2.75, 3.05) is 13.7 Å². The number of carbonyl (C=O) groups is 3. The zero-order valence-corrected chi connectivity index (χ0v) is 15.7. The molecule has 1 unspecified atom stereocenters. The molecule has 0 saturated carbocycles. The van der Waals surface area contributed by atoms with Crippen LogP contribution in [0.25, 0.3) is 5.76 Å². The summed E-state index contributed by atoms with van der Waals surface area (Å²) >= 11 is 0. The Morgan fingerprint density at radius 2 is 1.86 bits per heavy atom. The fourth-order valence-electron chi connectivity index (χ4n) is 3.26. The minimum atomic E-state index is -0.991. The standard InChI is InChI=1S/C21H20N2O6/c1-29-14-9-7-13(8-10-14)19(26)17-18(15-5-2-3-11-22-15)23(21(28)20(17)27)12-4-6-16(24)25/h2-3,5,7-11,18,26H,4,6,12H2,1H3,(H,24,25)/b19-17-. The van der Waals surface area contributed by atoms with Gasteiger partial charge in [0.05, 0.1) is 18.4 Å². The zero-order valence-electron chi connectivity index (χ0n) is 15.7. The molecule has 29 heavy (non-hydrogen) atoms. The highest BCUT2D eigenvalue weighted by atomic mass is 16.5. The van der Waals surface area contributed by atoms with E-state index in [-0.39, 0.29) is 30.7 Å². The van der Waals surface area contributed by atoms with Crippen molar-refractivity contribution in [3.63, 3.8) is 0 Å². The van der Waals surface area contributed by atoms with Gasteiger partial charge in [-0.3, -0.25) is 19.4 Å². The molecule has 8 heteroatoms. The smallest absolute Gasteiger partial charge is 0.303 e. The number of carbonyl (C=O) groups excluding carboxylic acids is 2. The molecule has 2 aromatic rings. The number of hydrogen-bond donors (Lipinski definition) is 2. The average Bonchev–Trinajstić information content (AvgIpc) is 2.98. The Bertz CT molecular complexity index is 953. The lowest BCUT2D eigenvalue weighted by Gasteiger charge is -2.24. The number of Topliss-reactive ketones (excluding diaryl/α,β-unsaturated/α-hetero) is 1. The summed E-state index contributed by atoms with van der Waals surface area (Å²) in [5, 5.41) is 19.7. The van der Waals surface area contributed by atoms with E-state index in [9.17, 15) is 19.5 Å². The van der Waals surface area contributed by atoms with Gasteiger partial charge in [0.2, 0.25) is 0 Å². The quantitative estimate of drug-likeness (QED) is 0.419. The largest absolute Gasteiger partial charge is 0.507 e. The van der Waals surface area contributed by atoms with Gasteiger partial charge in [-0.25, -0.2) is 0 Å². The minimum Gasteiger partial charge on any atom is -0.507 e. The maximum absolute atomic E-state index is 12.8. The van der Waals surface area contributed by atoms with E-state index in [0.717, 1.165) is 0 Å². The second kappa shape index (κ2) is 8.55. The van der Waals surface area contributed by atoms with E-state index in [1.807, 2.05) is 0 Å². The number of aliphatic carboxylic acids is 1. The number of pyridine rings is 1.